The maximum atomic E-state index is 12.5. The number of alkyl halides is 1. The van der Waals surface area contributed by atoms with Crippen LogP contribution in [0.25, 0.3) is 0 Å². The molecule has 2 aliphatic rings. The second-order valence-electron chi connectivity index (χ2n) is 8.91. The molecule has 0 radical (unpaired) electrons. The van der Waals surface area contributed by atoms with Crippen LogP contribution in [0.15, 0.2) is 11.1 Å². The van der Waals surface area contributed by atoms with Gasteiger partial charge >= 0.3 is 5.97 Å². The lowest BCUT2D eigenvalue weighted by atomic mass is 9.53. The van der Waals surface area contributed by atoms with Crippen LogP contribution in [-0.2, 0) is 14.3 Å². The molecule has 148 valence electrons. The Morgan fingerprint density at radius 2 is 1.96 bits per heavy atom. The van der Waals surface area contributed by atoms with E-state index in [2.05, 4.69) is 0 Å². The van der Waals surface area contributed by atoms with Crippen molar-refractivity contribution in [2.45, 2.75) is 89.9 Å². The number of Topliss-reactive ketones (excluding diaryl/α,β-unsaturated/α-hetero) is 1. The number of halogens is 1. The van der Waals surface area contributed by atoms with Gasteiger partial charge in [-0.05, 0) is 64.9 Å². The van der Waals surface area contributed by atoms with Crippen molar-refractivity contribution in [2.75, 3.05) is 0 Å². The molecule has 0 aromatic heterocycles. The monoisotopic (exact) mass is 386 g/mol. The molecule has 6 atom stereocenters. The highest BCUT2D eigenvalue weighted by Crippen LogP contribution is 2.55. The van der Waals surface area contributed by atoms with Gasteiger partial charge in [0.2, 0.25) is 0 Å². The van der Waals surface area contributed by atoms with Crippen molar-refractivity contribution in [1.82, 2.24) is 0 Å². The van der Waals surface area contributed by atoms with Gasteiger partial charge in [0, 0.05) is 12.3 Å². The lowest BCUT2D eigenvalue weighted by Gasteiger charge is -2.55. The van der Waals surface area contributed by atoms with Crippen molar-refractivity contribution in [3.05, 3.63) is 11.1 Å². The van der Waals surface area contributed by atoms with Gasteiger partial charge in [-0.25, -0.2) is 4.79 Å². The molecule has 0 saturated heterocycles. The van der Waals surface area contributed by atoms with Gasteiger partial charge < -0.3 is 14.9 Å². The Balaban J connectivity index is 2.29. The van der Waals surface area contributed by atoms with E-state index in [4.69, 9.17) is 16.3 Å². The molecule has 2 saturated carbocycles. The van der Waals surface area contributed by atoms with E-state index in [0.29, 0.717) is 25.7 Å². The Bertz CT molecular complexity index is 630. The first-order valence-corrected chi connectivity index (χ1v) is 9.66. The minimum absolute atomic E-state index is 0.147. The average molecular weight is 387 g/mol. The predicted molar refractivity (Wildman–Crippen MR) is 99.9 cm³/mol. The van der Waals surface area contributed by atoms with E-state index in [1.54, 1.807) is 6.92 Å². The first-order valence-electron chi connectivity index (χ1n) is 9.23. The summed E-state index contributed by atoms with van der Waals surface area (Å²) in [5, 5.41) is 20.7. The Labute approximate surface area is 160 Å². The van der Waals surface area contributed by atoms with E-state index in [-0.39, 0.29) is 17.1 Å². The van der Waals surface area contributed by atoms with Crippen LogP contribution < -0.4 is 0 Å². The summed E-state index contributed by atoms with van der Waals surface area (Å²) in [5.74, 6) is -0.889. The number of carbonyl (C=O) groups is 2. The predicted octanol–water partition coefficient (Wildman–Crippen LogP) is 3.14. The normalized spacial score (nSPS) is 38.2. The van der Waals surface area contributed by atoms with Crippen molar-refractivity contribution in [3.8, 4) is 0 Å². The number of allylic oxidation sites excluding steroid dienone is 2. The fourth-order valence-electron chi connectivity index (χ4n) is 4.39. The molecule has 2 fully saturated rings. The number of ketones is 1. The third kappa shape index (κ3) is 3.58. The van der Waals surface area contributed by atoms with Crippen molar-refractivity contribution in [1.29, 1.82) is 0 Å². The zero-order chi connectivity index (χ0) is 20.1. The zero-order valence-electron chi connectivity index (χ0n) is 16.6. The van der Waals surface area contributed by atoms with Crippen molar-refractivity contribution >= 4 is 23.4 Å². The Morgan fingerprint density at radius 3 is 2.46 bits per heavy atom. The molecular weight excluding hydrogens is 356 g/mol. The number of fused-ring (bicyclic) bond motifs is 1. The van der Waals surface area contributed by atoms with Crippen LogP contribution in [0.2, 0.25) is 0 Å². The highest BCUT2D eigenvalue weighted by atomic mass is 35.5. The number of esters is 1. The minimum Gasteiger partial charge on any atom is -0.457 e. The maximum Gasteiger partial charge on any atom is 0.339 e. The maximum absolute atomic E-state index is 12.5. The number of rotatable bonds is 3. The van der Waals surface area contributed by atoms with Crippen molar-refractivity contribution in [3.63, 3.8) is 0 Å². The highest BCUT2D eigenvalue weighted by Gasteiger charge is 2.58. The Kier molecular flexibility index (Phi) is 5.69. The van der Waals surface area contributed by atoms with Gasteiger partial charge in [0.1, 0.15) is 11.7 Å². The number of hydrogen-bond acceptors (Lipinski definition) is 5. The SMILES string of the molecule is CC(C)=C1C[C@@H]2[C@](C)(CC[C@@H](OC(=O)C(C)(O)C(C)Cl)[C@@]2(C)O)CC1=O. The number of ether oxygens (including phenoxy) is 1. The number of carbonyl (C=O) groups excluding carboxylic acids is 2. The third-order valence-corrected chi connectivity index (χ3v) is 6.95. The Morgan fingerprint density at radius 1 is 1.38 bits per heavy atom. The molecule has 0 aliphatic heterocycles. The third-order valence-electron chi connectivity index (χ3n) is 6.53. The fourth-order valence-corrected chi connectivity index (χ4v) is 4.47. The second kappa shape index (κ2) is 6.92. The lowest BCUT2D eigenvalue weighted by molar-refractivity contribution is -0.210. The van der Waals surface area contributed by atoms with E-state index in [9.17, 15) is 19.8 Å². The van der Waals surface area contributed by atoms with E-state index >= 15 is 0 Å². The van der Waals surface area contributed by atoms with Crippen molar-refractivity contribution < 1.29 is 24.5 Å². The summed E-state index contributed by atoms with van der Waals surface area (Å²) in [6.07, 6.45) is 1.23. The van der Waals surface area contributed by atoms with Crippen LogP contribution >= 0.6 is 11.6 Å². The minimum atomic E-state index is -1.83. The second-order valence-corrected chi connectivity index (χ2v) is 9.57. The highest BCUT2D eigenvalue weighted by molar-refractivity contribution is 6.22. The lowest BCUT2D eigenvalue weighted by Crippen LogP contribution is -2.61. The van der Waals surface area contributed by atoms with Gasteiger partial charge in [-0.1, -0.05) is 12.5 Å². The quantitative estimate of drug-likeness (QED) is 0.442. The standard InChI is InChI=1S/C20H31ClO5/c1-11(2)13-9-15-18(4,10-14(13)22)8-7-16(20(15,6)25)26-17(23)19(5,24)12(3)21/h12,15-16,24-25H,7-10H2,1-6H3/t12?,15-,16-,18-,19?,20+/m1/s1. The van der Waals surface area contributed by atoms with Crippen LogP contribution in [0.5, 0.6) is 0 Å². The van der Waals surface area contributed by atoms with Crippen LogP contribution in [0.4, 0.5) is 0 Å². The van der Waals surface area contributed by atoms with E-state index in [1.165, 1.54) is 13.8 Å². The molecular formula is C20H31ClO5. The average Bonchev–Trinajstić information content (AvgIpc) is 2.48. The molecule has 0 spiro atoms. The largest absolute Gasteiger partial charge is 0.457 e. The molecule has 2 aliphatic carbocycles. The summed E-state index contributed by atoms with van der Waals surface area (Å²) >= 11 is 5.90. The molecule has 6 heteroatoms. The molecule has 0 bridgehead atoms. The van der Waals surface area contributed by atoms with Gasteiger partial charge in [0.25, 0.3) is 0 Å². The Hall–Kier alpha value is -0.910. The van der Waals surface area contributed by atoms with Crippen molar-refractivity contribution in [2.24, 2.45) is 11.3 Å². The molecule has 2 N–H and O–H groups in total. The summed E-state index contributed by atoms with van der Waals surface area (Å²) in [6.45, 7) is 10.3. The number of hydrogen-bond donors (Lipinski definition) is 2. The molecule has 26 heavy (non-hydrogen) atoms. The van der Waals surface area contributed by atoms with Crippen LogP contribution in [0, 0.1) is 11.3 Å². The van der Waals surface area contributed by atoms with Gasteiger partial charge in [0.15, 0.2) is 11.4 Å². The molecule has 0 aromatic carbocycles. The summed E-state index contributed by atoms with van der Waals surface area (Å²) in [6, 6.07) is 0. The zero-order valence-corrected chi connectivity index (χ0v) is 17.3. The topological polar surface area (TPSA) is 83.8 Å². The van der Waals surface area contributed by atoms with Crippen LogP contribution in [0.3, 0.4) is 0 Å². The van der Waals surface area contributed by atoms with Crippen LogP contribution in [0.1, 0.15) is 67.2 Å². The van der Waals surface area contributed by atoms with Gasteiger partial charge in [-0.3, -0.25) is 4.79 Å². The first-order chi connectivity index (χ1) is 11.7. The smallest absolute Gasteiger partial charge is 0.339 e. The molecule has 2 rings (SSSR count). The molecule has 0 aromatic rings. The molecule has 0 heterocycles. The van der Waals surface area contributed by atoms with Crippen LogP contribution in [-0.4, -0.2) is 44.6 Å². The fraction of sp³-hybridized carbons (Fsp3) is 0.800. The summed E-state index contributed by atoms with van der Waals surface area (Å²) in [5.41, 5.74) is -1.72. The molecule has 5 nitrogen and oxygen atoms in total. The van der Waals surface area contributed by atoms with Gasteiger partial charge in [-0.2, -0.15) is 0 Å². The van der Waals surface area contributed by atoms with E-state index in [0.717, 1.165) is 11.1 Å². The summed E-state index contributed by atoms with van der Waals surface area (Å²) < 4.78 is 5.52. The van der Waals surface area contributed by atoms with Gasteiger partial charge in [0.05, 0.1) is 5.38 Å². The van der Waals surface area contributed by atoms with E-state index < -0.39 is 28.7 Å². The molecule has 2 unspecified atom stereocenters. The van der Waals surface area contributed by atoms with E-state index in [1.807, 2.05) is 20.8 Å². The summed E-state index contributed by atoms with van der Waals surface area (Å²) in [4.78, 5) is 24.9. The molecule has 0 amide bonds. The first kappa shape index (κ1) is 21.4. The van der Waals surface area contributed by atoms with Gasteiger partial charge in [-0.15, -0.1) is 11.6 Å². The number of aliphatic hydroxyl groups is 2. The summed E-state index contributed by atoms with van der Waals surface area (Å²) in [7, 11) is 0.